The van der Waals surface area contributed by atoms with Crippen LogP contribution in [0.1, 0.15) is 11.6 Å². The SMILES string of the molecule is COc1cc2cc3[n+](c(-c4cc(OC)c(OC)c(OC)c4)c2cc1OC)[C@H](c1ccccc1)CO3. The summed E-state index contributed by atoms with van der Waals surface area (Å²) in [5, 5.41) is 1.94. The summed E-state index contributed by atoms with van der Waals surface area (Å²) >= 11 is 0. The number of rotatable bonds is 7. The van der Waals surface area contributed by atoms with Gasteiger partial charge in [0.15, 0.2) is 29.6 Å². The third-order valence-corrected chi connectivity index (χ3v) is 6.39. The minimum absolute atomic E-state index is 0.0159. The predicted molar refractivity (Wildman–Crippen MR) is 132 cm³/mol. The zero-order valence-electron chi connectivity index (χ0n) is 20.5. The highest BCUT2D eigenvalue weighted by Gasteiger charge is 2.39. The largest absolute Gasteiger partial charge is 0.493 e. The number of methoxy groups -OCH3 is 5. The Balaban J connectivity index is 1.88. The van der Waals surface area contributed by atoms with Gasteiger partial charge in [0, 0.05) is 10.9 Å². The van der Waals surface area contributed by atoms with Gasteiger partial charge in [-0.2, -0.15) is 0 Å². The Morgan fingerprint density at radius 2 is 1.34 bits per heavy atom. The Morgan fingerprint density at radius 1 is 0.714 bits per heavy atom. The van der Waals surface area contributed by atoms with Crippen molar-refractivity contribution in [2.45, 2.75) is 6.04 Å². The van der Waals surface area contributed by atoms with Crippen LogP contribution in [-0.4, -0.2) is 42.2 Å². The van der Waals surface area contributed by atoms with Gasteiger partial charge < -0.3 is 28.4 Å². The first kappa shape index (κ1) is 22.7. The molecule has 0 unspecified atom stereocenters. The molecule has 0 bridgehead atoms. The van der Waals surface area contributed by atoms with Gasteiger partial charge in [0.25, 0.3) is 0 Å². The Bertz CT molecular complexity index is 1360. The number of nitrogens with zero attached hydrogens (tertiary/aromatic N) is 1. The van der Waals surface area contributed by atoms with E-state index in [2.05, 4.69) is 16.7 Å². The number of hydrogen-bond acceptors (Lipinski definition) is 6. The third kappa shape index (κ3) is 3.73. The van der Waals surface area contributed by atoms with Crippen molar-refractivity contribution < 1.29 is 33.0 Å². The van der Waals surface area contributed by atoms with Crippen molar-refractivity contribution in [2.75, 3.05) is 42.2 Å². The molecule has 0 amide bonds. The first-order chi connectivity index (χ1) is 17.1. The molecule has 4 aromatic rings. The molecule has 0 N–H and O–H groups in total. The van der Waals surface area contributed by atoms with Crippen LogP contribution in [0.3, 0.4) is 0 Å². The maximum atomic E-state index is 6.23. The summed E-state index contributed by atoms with van der Waals surface area (Å²) in [5.74, 6) is 3.74. The van der Waals surface area contributed by atoms with Gasteiger partial charge >= 0.3 is 5.88 Å². The van der Waals surface area contributed by atoms with Crippen molar-refractivity contribution in [3.05, 3.63) is 66.2 Å². The Labute approximate surface area is 204 Å². The summed E-state index contributed by atoms with van der Waals surface area (Å²) in [4.78, 5) is 0. The van der Waals surface area contributed by atoms with Crippen molar-refractivity contribution >= 4 is 10.8 Å². The van der Waals surface area contributed by atoms with Gasteiger partial charge in [-0.3, -0.25) is 0 Å². The van der Waals surface area contributed by atoms with Gasteiger partial charge in [-0.1, -0.05) is 30.3 Å². The summed E-state index contributed by atoms with van der Waals surface area (Å²) in [6.07, 6.45) is 0. The van der Waals surface area contributed by atoms with E-state index in [4.69, 9.17) is 28.4 Å². The van der Waals surface area contributed by atoms with Crippen LogP contribution >= 0.6 is 0 Å². The molecule has 0 aliphatic carbocycles. The standard InChI is InChI=1S/C28H28NO6/c1-30-22-11-18-14-26-29(21(16-35-26)17-9-7-6-8-10-17)27(20(18)15-23(22)31-2)19-12-24(32-3)28(34-5)25(13-19)33-4/h6-15,21H,16H2,1-5H3/q+1/t21-/m0/s1. The molecule has 1 aliphatic heterocycles. The molecule has 1 aliphatic rings. The summed E-state index contributed by atoms with van der Waals surface area (Å²) in [7, 11) is 8.10. The fourth-order valence-corrected chi connectivity index (χ4v) is 4.75. The van der Waals surface area contributed by atoms with E-state index >= 15 is 0 Å². The Morgan fingerprint density at radius 3 is 1.94 bits per heavy atom. The molecule has 5 rings (SSSR count). The van der Waals surface area contributed by atoms with Gasteiger partial charge in [-0.15, -0.1) is 4.57 Å². The zero-order chi connectivity index (χ0) is 24.5. The molecule has 1 aromatic heterocycles. The fraction of sp³-hybridized carbons (Fsp3) is 0.250. The number of benzene rings is 3. The van der Waals surface area contributed by atoms with Crippen LogP contribution in [0, 0.1) is 0 Å². The maximum absolute atomic E-state index is 6.23. The van der Waals surface area contributed by atoms with Crippen molar-refractivity contribution in [2.24, 2.45) is 0 Å². The summed E-state index contributed by atoms with van der Waals surface area (Å²) in [5.41, 5.74) is 3.00. The highest BCUT2D eigenvalue weighted by atomic mass is 16.5. The van der Waals surface area contributed by atoms with Crippen LogP contribution in [0.2, 0.25) is 0 Å². The van der Waals surface area contributed by atoms with Crippen molar-refractivity contribution in [3.63, 3.8) is 0 Å². The minimum atomic E-state index is -0.0159. The van der Waals surface area contributed by atoms with Gasteiger partial charge in [-0.05, 0) is 24.3 Å². The average Bonchev–Trinajstić information content (AvgIpc) is 3.33. The van der Waals surface area contributed by atoms with Gasteiger partial charge in [-0.25, -0.2) is 0 Å². The molecular weight excluding hydrogens is 446 g/mol. The van der Waals surface area contributed by atoms with E-state index in [-0.39, 0.29) is 6.04 Å². The lowest BCUT2D eigenvalue weighted by molar-refractivity contribution is -0.684. The highest BCUT2D eigenvalue weighted by Crippen LogP contribution is 2.45. The number of ether oxygens (including phenoxy) is 6. The molecule has 35 heavy (non-hydrogen) atoms. The molecule has 0 spiro atoms. The molecule has 3 aromatic carbocycles. The second-order valence-electron chi connectivity index (χ2n) is 8.15. The molecule has 180 valence electrons. The summed E-state index contributed by atoms with van der Waals surface area (Å²) in [6, 6.07) is 20.3. The van der Waals surface area contributed by atoms with E-state index in [1.807, 2.05) is 48.5 Å². The van der Waals surface area contributed by atoms with Crippen molar-refractivity contribution in [1.82, 2.24) is 0 Å². The fourth-order valence-electron chi connectivity index (χ4n) is 4.75. The molecule has 7 heteroatoms. The summed E-state index contributed by atoms with van der Waals surface area (Å²) < 4.78 is 36.6. The van der Waals surface area contributed by atoms with Crippen LogP contribution in [-0.2, 0) is 0 Å². The van der Waals surface area contributed by atoms with E-state index in [9.17, 15) is 0 Å². The quantitative estimate of drug-likeness (QED) is 0.358. The first-order valence-corrected chi connectivity index (χ1v) is 11.3. The monoisotopic (exact) mass is 474 g/mol. The van der Waals surface area contributed by atoms with Crippen LogP contribution in [0.5, 0.6) is 34.6 Å². The highest BCUT2D eigenvalue weighted by molar-refractivity contribution is 5.96. The van der Waals surface area contributed by atoms with Gasteiger partial charge in [0.1, 0.15) is 0 Å². The molecule has 2 heterocycles. The molecule has 1 atom stereocenters. The van der Waals surface area contributed by atoms with E-state index in [0.717, 1.165) is 33.5 Å². The van der Waals surface area contributed by atoms with E-state index in [0.29, 0.717) is 35.4 Å². The predicted octanol–water partition coefficient (Wildman–Crippen LogP) is 4.82. The normalized spacial score (nSPS) is 14.3. The van der Waals surface area contributed by atoms with Crippen LogP contribution < -0.4 is 33.0 Å². The van der Waals surface area contributed by atoms with Crippen molar-refractivity contribution in [3.8, 4) is 45.9 Å². The van der Waals surface area contributed by atoms with E-state index < -0.39 is 0 Å². The number of aromatic nitrogens is 1. The topological polar surface area (TPSA) is 59.3 Å². The minimum Gasteiger partial charge on any atom is -0.493 e. The van der Waals surface area contributed by atoms with Gasteiger partial charge in [0.05, 0.1) is 52.6 Å². The summed E-state index contributed by atoms with van der Waals surface area (Å²) in [6.45, 7) is 0.520. The first-order valence-electron chi connectivity index (χ1n) is 11.3. The lowest BCUT2D eigenvalue weighted by atomic mass is 9.99. The molecule has 0 saturated heterocycles. The number of hydrogen-bond donors (Lipinski definition) is 0. The average molecular weight is 475 g/mol. The smallest absolute Gasteiger partial charge is 0.369 e. The molecular formula is C28H28NO6+. The van der Waals surface area contributed by atoms with E-state index in [1.165, 1.54) is 0 Å². The van der Waals surface area contributed by atoms with Crippen LogP contribution in [0.25, 0.3) is 22.0 Å². The molecule has 7 nitrogen and oxygen atoms in total. The number of pyridine rings is 1. The van der Waals surface area contributed by atoms with Gasteiger partial charge in [0.2, 0.25) is 17.5 Å². The lowest BCUT2D eigenvalue weighted by Gasteiger charge is -2.16. The Hall–Kier alpha value is -4.13. The van der Waals surface area contributed by atoms with Crippen molar-refractivity contribution in [1.29, 1.82) is 0 Å². The lowest BCUT2D eigenvalue weighted by Crippen LogP contribution is -2.39. The molecule has 0 saturated carbocycles. The second-order valence-corrected chi connectivity index (χ2v) is 8.15. The molecule has 0 fully saturated rings. The maximum Gasteiger partial charge on any atom is 0.369 e. The van der Waals surface area contributed by atoms with E-state index in [1.54, 1.807) is 35.5 Å². The zero-order valence-corrected chi connectivity index (χ0v) is 20.5. The Kier molecular flexibility index (Phi) is 5.99. The van der Waals surface area contributed by atoms with Crippen LogP contribution in [0.4, 0.5) is 0 Å². The van der Waals surface area contributed by atoms with Crippen LogP contribution in [0.15, 0.2) is 60.7 Å². The number of fused-ring (bicyclic) bond motifs is 2. The second kappa shape index (κ2) is 9.25. The molecule has 0 radical (unpaired) electrons. The third-order valence-electron chi connectivity index (χ3n) is 6.39.